The molecule has 9 heteroatoms. The maximum atomic E-state index is 12.6. The normalized spacial score (nSPS) is 14.9. The Bertz CT molecular complexity index is 804. The van der Waals surface area contributed by atoms with Crippen LogP contribution in [0.15, 0.2) is 36.5 Å². The van der Waals surface area contributed by atoms with Crippen LogP contribution in [0.3, 0.4) is 0 Å². The third-order valence-electron chi connectivity index (χ3n) is 7.70. The molecule has 0 saturated heterocycles. The number of unbranched alkanes of at least 4 members (excludes halogenated alkanes) is 17. The van der Waals surface area contributed by atoms with Crippen molar-refractivity contribution in [2.45, 2.75) is 167 Å². The van der Waals surface area contributed by atoms with E-state index in [0.717, 1.165) is 44.9 Å². The van der Waals surface area contributed by atoms with Gasteiger partial charge < -0.3 is 21.1 Å². The summed E-state index contributed by atoms with van der Waals surface area (Å²) in [5, 5.41) is 13.5. The highest BCUT2D eigenvalue weighted by molar-refractivity contribution is 7.47. The zero-order chi connectivity index (χ0) is 33.3. The van der Waals surface area contributed by atoms with Gasteiger partial charge in [0.05, 0.1) is 25.4 Å². The van der Waals surface area contributed by atoms with Crippen LogP contribution in [-0.4, -0.2) is 47.8 Å². The Kier molecular flexibility index (Phi) is 31.7. The summed E-state index contributed by atoms with van der Waals surface area (Å²) in [5.41, 5.74) is 5.34. The second-order valence-corrected chi connectivity index (χ2v) is 13.5. The molecule has 0 aliphatic carbocycles. The van der Waals surface area contributed by atoms with Crippen LogP contribution < -0.4 is 11.1 Å². The Balaban J connectivity index is 4.43. The number of aliphatic hydroxyl groups is 1. The van der Waals surface area contributed by atoms with Crippen LogP contribution in [0.2, 0.25) is 0 Å². The molecule has 0 fully saturated rings. The molecule has 3 atom stereocenters. The van der Waals surface area contributed by atoms with E-state index in [2.05, 4.69) is 43.5 Å². The lowest BCUT2D eigenvalue weighted by Gasteiger charge is -2.23. The summed E-state index contributed by atoms with van der Waals surface area (Å²) in [6.45, 7) is 4.05. The number of hydrogen-bond donors (Lipinski definition) is 4. The number of aliphatic hydroxyl groups excluding tert-OH is 1. The van der Waals surface area contributed by atoms with Crippen LogP contribution >= 0.6 is 7.82 Å². The largest absolute Gasteiger partial charge is 0.472 e. The zero-order valence-corrected chi connectivity index (χ0v) is 29.7. The lowest BCUT2D eigenvalue weighted by atomic mass is 10.1. The van der Waals surface area contributed by atoms with Gasteiger partial charge in [0.25, 0.3) is 0 Å². The highest BCUT2D eigenvalue weighted by Crippen LogP contribution is 2.43. The van der Waals surface area contributed by atoms with E-state index in [1.165, 1.54) is 89.9 Å². The van der Waals surface area contributed by atoms with Gasteiger partial charge in [-0.15, -0.1) is 0 Å². The first-order chi connectivity index (χ1) is 21.9. The highest BCUT2D eigenvalue weighted by Gasteiger charge is 2.26. The maximum Gasteiger partial charge on any atom is 0.472 e. The van der Waals surface area contributed by atoms with E-state index in [4.69, 9.17) is 14.8 Å². The molecule has 264 valence electrons. The maximum absolute atomic E-state index is 12.6. The van der Waals surface area contributed by atoms with E-state index in [-0.39, 0.29) is 25.7 Å². The first kappa shape index (κ1) is 43.7. The van der Waals surface area contributed by atoms with E-state index in [1.807, 2.05) is 6.08 Å². The minimum absolute atomic E-state index is 0.0721. The molecule has 0 aromatic rings. The molecule has 0 saturated carbocycles. The second kappa shape index (κ2) is 32.7. The summed E-state index contributed by atoms with van der Waals surface area (Å²) in [5.74, 6) is -0.213. The Labute approximate surface area is 276 Å². The average Bonchev–Trinajstić information content (AvgIpc) is 3.02. The van der Waals surface area contributed by atoms with Crippen molar-refractivity contribution in [3.05, 3.63) is 36.5 Å². The van der Waals surface area contributed by atoms with Crippen molar-refractivity contribution in [1.82, 2.24) is 5.32 Å². The predicted octanol–water partition coefficient (Wildman–Crippen LogP) is 9.22. The van der Waals surface area contributed by atoms with Crippen LogP contribution in [0, 0.1) is 0 Å². The number of rotatable bonds is 33. The number of allylic oxidation sites excluding steroid dienone is 5. The van der Waals surface area contributed by atoms with Gasteiger partial charge in [-0.3, -0.25) is 13.8 Å². The lowest BCUT2D eigenvalue weighted by Crippen LogP contribution is -2.45. The Morgan fingerprint density at radius 1 is 0.711 bits per heavy atom. The molecule has 8 nitrogen and oxygen atoms in total. The molecule has 0 spiro atoms. The number of amides is 1. The van der Waals surface area contributed by atoms with Gasteiger partial charge in [0.15, 0.2) is 0 Å². The highest BCUT2D eigenvalue weighted by atomic mass is 31.2. The Morgan fingerprint density at radius 3 is 1.71 bits per heavy atom. The number of nitrogens with two attached hydrogens (primary N) is 1. The number of phosphoric acid groups is 1. The van der Waals surface area contributed by atoms with Crippen molar-refractivity contribution in [3.63, 3.8) is 0 Å². The Morgan fingerprint density at radius 2 is 1.18 bits per heavy atom. The van der Waals surface area contributed by atoms with Crippen molar-refractivity contribution in [2.24, 2.45) is 5.73 Å². The summed E-state index contributed by atoms with van der Waals surface area (Å²) < 4.78 is 22.0. The molecule has 0 aliphatic heterocycles. The van der Waals surface area contributed by atoms with Gasteiger partial charge >= 0.3 is 7.82 Å². The number of carbonyl (C=O) groups is 1. The van der Waals surface area contributed by atoms with E-state index in [0.29, 0.717) is 6.42 Å². The SMILES string of the molecule is CCCCCCCC/C=C/CC/C=C/CC/C=C/C(O)C(COP(=O)(O)OCCN)NC(=O)CCCCCCCCCCCC. The van der Waals surface area contributed by atoms with Gasteiger partial charge in [-0.05, 0) is 44.9 Å². The summed E-state index contributed by atoms with van der Waals surface area (Å²) in [7, 11) is -4.34. The van der Waals surface area contributed by atoms with Crippen LogP contribution in [0.25, 0.3) is 0 Å². The molecule has 0 rings (SSSR count). The molecule has 0 aromatic heterocycles. The molecule has 45 heavy (non-hydrogen) atoms. The van der Waals surface area contributed by atoms with Crippen molar-refractivity contribution < 1.29 is 28.4 Å². The molecule has 0 aliphatic rings. The predicted molar refractivity (Wildman–Crippen MR) is 189 cm³/mol. The van der Waals surface area contributed by atoms with Crippen molar-refractivity contribution in [2.75, 3.05) is 19.8 Å². The van der Waals surface area contributed by atoms with Gasteiger partial charge in [0.1, 0.15) is 0 Å². The van der Waals surface area contributed by atoms with Gasteiger partial charge in [-0.2, -0.15) is 0 Å². The van der Waals surface area contributed by atoms with Crippen LogP contribution in [0.4, 0.5) is 0 Å². The van der Waals surface area contributed by atoms with E-state index in [9.17, 15) is 19.4 Å². The summed E-state index contributed by atoms with van der Waals surface area (Å²) >= 11 is 0. The van der Waals surface area contributed by atoms with E-state index in [1.54, 1.807) is 6.08 Å². The number of nitrogens with one attached hydrogen (secondary N) is 1. The van der Waals surface area contributed by atoms with Crippen LogP contribution in [0.5, 0.6) is 0 Å². The topological polar surface area (TPSA) is 131 Å². The molecule has 0 heterocycles. The molecule has 0 radical (unpaired) electrons. The van der Waals surface area contributed by atoms with Gasteiger partial charge in [-0.1, -0.05) is 140 Å². The number of carbonyl (C=O) groups excluding carboxylic acids is 1. The summed E-state index contributed by atoms with van der Waals surface area (Å²) in [4.78, 5) is 22.5. The average molecular weight is 657 g/mol. The summed E-state index contributed by atoms with van der Waals surface area (Å²) in [6, 6.07) is -0.877. The molecule has 0 aromatic carbocycles. The third-order valence-corrected chi connectivity index (χ3v) is 8.68. The molecule has 3 unspecified atom stereocenters. The fraction of sp³-hybridized carbons (Fsp3) is 0.806. The molecule has 5 N–H and O–H groups in total. The smallest absolute Gasteiger partial charge is 0.387 e. The van der Waals surface area contributed by atoms with Crippen molar-refractivity contribution >= 4 is 13.7 Å². The van der Waals surface area contributed by atoms with E-state index < -0.39 is 20.0 Å². The first-order valence-corrected chi connectivity index (χ1v) is 19.6. The standard InChI is InChI=1S/C36H69N2O6P/c1-3-5-7-9-11-13-15-16-17-18-19-20-21-23-25-27-29-35(39)34(33-44-45(41,42)43-32-31-37)38-36(40)30-28-26-24-22-14-12-10-8-6-4-2/h16-17,20-21,27,29,34-35,39H,3-15,18-19,22-26,28,30-33,37H2,1-2H3,(H,38,40)(H,41,42)/b17-16+,21-20+,29-27+. The van der Waals surface area contributed by atoms with Crippen molar-refractivity contribution in [3.8, 4) is 0 Å². The van der Waals surface area contributed by atoms with Crippen molar-refractivity contribution in [1.29, 1.82) is 0 Å². The minimum Gasteiger partial charge on any atom is -0.387 e. The van der Waals surface area contributed by atoms with Crippen LogP contribution in [0.1, 0.15) is 155 Å². The molecule has 1 amide bonds. The Hall–Kier alpha value is -1.28. The van der Waals surface area contributed by atoms with Gasteiger partial charge in [0, 0.05) is 13.0 Å². The second-order valence-electron chi connectivity index (χ2n) is 12.1. The quantitative estimate of drug-likeness (QED) is 0.0315. The molecule has 0 bridgehead atoms. The molecular weight excluding hydrogens is 587 g/mol. The first-order valence-electron chi connectivity index (χ1n) is 18.1. The van der Waals surface area contributed by atoms with Gasteiger partial charge in [-0.25, -0.2) is 4.57 Å². The zero-order valence-electron chi connectivity index (χ0n) is 28.8. The lowest BCUT2D eigenvalue weighted by molar-refractivity contribution is -0.123. The third kappa shape index (κ3) is 31.1. The molecular formula is C36H69N2O6P. The van der Waals surface area contributed by atoms with Gasteiger partial charge in [0.2, 0.25) is 5.91 Å². The monoisotopic (exact) mass is 656 g/mol. The van der Waals surface area contributed by atoms with Crippen LogP contribution in [-0.2, 0) is 18.4 Å². The fourth-order valence-corrected chi connectivity index (χ4v) is 5.69. The number of phosphoric ester groups is 1. The minimum atomic E-state index is -4.34. The van der Waals surface area contributed by atoms with E-state index >= 15 is 0 Å². The summed E-state index contributed by atoms with van der Waals surface area (Å²) in [6.07, 6.45) is 36.2. The number of hydrogen-bond acceptors (Lipinski definition) is 6. The fourth-order valence-electron chi connectivity index (χ4n) is 4.93.